The van der Waals surface area contributed by atoms with E-state index in [1.165, 1.54) is 0 Å². The first-order valence-electron chi connectivity index (χ1n) is 11.3. The van der Waals surface area contributed by atoms with Crippen molar-refractivity contribution in [2.75, 3.05) is 34.4 Å². The normalized spacial score (nSPS) is 11.5. The number of carbonyl (C=O) groups is 1. The molecule has 0 aromatic heterocycles. The quantitative estimate of drug-likeness (QED) is 0.309. The highest BCUT2D eigenvalue weighted by molar-refractivity contribution is 5.93. The van der Waals surface area contributed by atoms with Crippen LogP contribution in [0.15, 0.2) is 42.5 Å². The SMILES string of the molecule is COc1ccc(/C=C/c2cc(OC)cc(OC)c2/C=C/C(=O)N(CC(C)C)CC(C)C)cc1. The van der Waals surface area contributed by atoms with Crippen LogP contribution in [-0.2, 0) is 4.79 Å². The average Bonchev–Trinajstić information content (AvgIpc) is 2.80. The molecule has 0 fully saturated rings. The van der Waals surface area contributed by atoms with Crippen molar-refractivity contribution in [2.24, 2.45) is 11.8 Å². The summed E-state index contributed by atoms with van der Waals surface area (Å²) >= 11 is 0. The van der Waals surface area contributed by atoms with Crippen LogP contribution >= 0.6 is 0 Å². The van der Waals surface area contributed by atoms with E-state index in [-0.39, 0.29) is 5.91 Å². The standard InChI is InChI=1S/C28H37NO4/c1-20(2)18-29(19-21(3)4)28(30)15-14-26-23(16-25(32-6)17-27(26)33-7)11-8-22-9-12-24(31-5)13-10-22/h8-17,20-21H,18-19H2,1-7H3/b11-8+,15-14+. The van der Waals surface area contributed by atoms with Gasteiger partial charge in [0.1, 0.15) is 17.2 Å². The smallest absolute Gasteiger partial charge is 0.246 e. The number of ether oxygens (including phenoxy) is 3. The number of hydrogen-bond acceptors (Lipinski definition) is 4. The summed E-state index contributed by atoms with van der Waals surface area (Å²) in [6, 6.07) is 11.6. The Labute approximate surface area is 198 Å². The van der Waals surface area contributed by atoms with Crippen molar-refractivity contribution in [2.45, 2.75) is 27.7 Å². The van der Waals surface area contributed by atoms with Gasteiger partial charge in [0.15, 0.2) is 0 Å². The van der Waals surface area contributed by atoms with E-state index < -0.39 is 0 Å². The Bertz CT molecular complexity index is 949. The minimum Gasteiger partial charge on any atom is -0.497 e. The second-order valence-electron chi connectivity index (χ2n) is 8.80. The van der Waals surface area contributed by atoms with Gasteiger partial charge in [-0.25, -0.2) is 0 Å². The van der Waals surface area contributed by atoms with Crippen molar-refractivity contribution in [3.8, 4) is 17.2 Å². The van der Waals surface area contributed by atoms with Gasteiger partial charge < -0.3 is 19.1 Å². The molecule has 0 saturated heterocycles. The second-order valence-corrected chi connectivity index (χ2v) is 8.80. The van der Waals surface area contributed by atoms with Crippen LogP contribution in [0.1, 0.15) is 44.4 Å². The summed E-state index contributed by atoms with van der Waals surface area (Å²) in [7, 11) is 4.89. The lowest BCUT2D eigenvalue weighted by Crippen LogP contribution is -2.35. The molecule has 0 unspecified atom stereocenters. The molecule has 5 heteroatoms. The molecule has 178 valence electrons. The molecule has 2 aromatic rings. The zero-order valence-electron chi connectivity index (χ0n) is 20.9. The molecule has 2 aromatic carbocycles. The first-order chi connectivity index (χ1) is 15.8. The van der Waals surface area contributed by atoms with Crippen LogP contribution in [0.5, 0.6) is 17.2 Å². The molecule has 0 atom stereocenters. The summed E-state index contributed by atoms with van der Waals surface area (Å²) in [6.45, 7) is 9.95. The van der Waals surface area contributed by atoms with Crippen molar-refractivity contribution in [1.82, 2.24) is 4.90 Å². The van der Waals surface area contributed by atoms with Gasteiger partial charge in [0.2, 0.25) is 5.91 Å². The van der Waals surface area contributed by atoms with Crippen molar-refractivity contribution in [3.63, 3.8) is 0 Å². The third-order valence-electron chi connectivity index (χ3n) is 5.05. The summed E-state index contributed by atoms with van der Waals surface area (Å²) in [5, 5.41) is 0. The molecule has 5 nitrogen and oxygen atoms in total. The minimum atomic E-state index is 0.000329. The van der Waals surface area contributed by atoms with Crippen LogP contribution in [-0.4, -0.2) is 45.2 Å². The van der Waals surface area contributed by atoms with Gasteiger partial charge in [0.25, 0.3) is 0 Å². The molecular formula is C28H37NO4. The summed E-state index contributed by atoms with van der Waals surface area (Å²) in [4.78, 5) is 14.9. The van der Waals surface area contributed by atoms with Gasteiger partial charge in [-0.3, -0.25) is 4.79 Å². The number of rotatable bonds is 11. The van der Waals surface area contributed by atoms with Gasteiger partial charge in [-0.1, -0.05) is 52.0 Å². The van der Waals surface area contributed by atoms with Gasteiger partial charge >= 0.3 is 0 Å². The van der Waals surface area contributed by atoms with Gasteiger partial charge in [-0.15, -0.1) is 0 Å². The Hall–Kier alpha value is -3.21. The van der Waals surface area contributed by atoms with Crippen molar-refractivity contribution in [1.29, 1.82) is 0 Å². The maximum absolute atomic E-state index is 13.0. The fourth-order valence-corrected chi connectivity index (χ4v) is 3.52. The molecule has 0 aliphatic carbocycles. The van der Waals surface area contributed by atoms with Crippen LogP contribution in [0.2, 0.25) is 0 Å². The Morgan fingerprint density at radius 1 is 0.818 bits per heavy atom. The number of methoxy groups -OCH3 is 3. The molecule has 2 rings (SSSR count). The molecule has 0 aliphatic rings. The molecule has 33 heavy (non-hydrogen) atoms. The largest absolute Gasteiger partial charge is 0.497 e. The molecule has 0 spiro atoms. The molecule has 0 aliphatic heterocycles. The zero-order chi connectivity index (χ0) is 24.4. The van der Waals surface area contributed by atoms with E-state index in [2.05, 4.69) is 27.7 Å². The highest BCUT2D eigenvalue weighted by Crippen LogP contribution is 2.31. The van der Waals surface area contributed by atoms with Gasteiger partial charge in [-0.2, -0.15) is 0 Å². The van der Waals surface area contributed by atoms with Crippen LogP contribution in [0.4, 0.5) is 0 Å². The fraction of sp³-hybridized carbons (Fsp3) is 0.393. The van der Waals surface area contributed by atoms with Crippen LogP contribution < -0.4 is 14.2 Å². The summed E-state index contributed by atoms with van der Waals surface area (Å²) in [5.74, 6) is 2.95. The highest BCUT2D eigenvalue weighted by atomic mass is 16.5. The second kappa shape index (κ2) is 12.7. The number of amides is 1. The first-order valence-corrected chi connectivity index (χ1v) is 11.3. The van der Waals surface area contributed by atoms with Crippen LogP contribution in [0.3, 0.4) is 0 Å². The van der Waals surface area contributed by atoms with Crippen LogP contribution in [0, 0.1) is 11.8 Å². The van der Waals surface area contributed by atoms with Gasteiger partial charge in [0, 0.05) is 30.8 Å². The molecule has 0 N–H and O–H groups in total. The molecular weight excluding hydrogens is 414 g/mol. The lowest BCUT2D eigenvalue weighted by molar-refractivity contribution is -0.127. The summed E-state index contributed by atoms with van der Waals surface area (Å²) in [5.41, 5.74) is 2.75. The number of carbonyl (C=O) groups excluding carboxylic acids is 1. The average molecular weight is 452 g/mol. The fourth-order valence-electron chi connectivity index (χ4n) is 3.52. The monoisotopic (exact) mass is 451 g/mol. The molecule has 0 radical (unpaired) electrons. The van der Waals surface area contributed by atoms with Crippen molar-refractivity contribution in [3.05, 3.63) is 59.2 Å². The summed E-state index contributed by atoms with van der Waals surface area (Å²) < 4.78 is 16.3. The third kappa shape index (κ3) is 8.01. The zero-order valence-corrected chi connectivity index (χ0v) is 20.9. The maximum Gasteiger partial charge on any atom is 0.246 e. The number of benzene rings is 2. The van der Waals surface area contributed by atoms with Crippen molar-refractivity contribution >= 4 is 24.1 Å². The third-order valence-corrected chi connectivity index (χ3v) is 5.05. The lowest BCUT2D eigenvalue weighted by Gasteiger charge is -2.25. The lowest BCUT2D eigenvalue weighted by atomic mass is 10.0. The van der Waals surface area contributed by atoms with E-state index in [4.69, 9.17) is 14.2 Å². The first kappa shape index (κ1) is 26.0. The molecule has 1 amide bonds. The van der Waals surface area contributed by atoms with Crippen molar-refractivity contribution < 1.29 is 19.0 Å². The van der Waals surface area contributed by atoms with E-state index in [9.17, 15) is 4.79 Å². The Morgan fingerprint density at radius 2 is 1.42 bits per heavy atom. The Kier molecular flexibility index (Phi) is 10.0. The Morgan fingerprint density at radius 3 is 1.94 bits per heavy atom. The molecule has 0 saturated carbocycles. The topological polar surface area (TPSA) is 48.0 Å². The highest BCUT2D eigenvalue weighted by Gasteiger charge is 2.15. The van der Waals surface area contributed by atoms with Crippen LogP contribution in [0.25, 0.3) is 18.2 Å². The predicted molar refractivity (Wildman–Crippen MR) is 137 cm³/mol. The summed E-state index contributed by atoms with van der Waals surface area (Å²) in [6.07, 6.45) is 7.48. The molecule has 0 heterocycles. The van der Waals surface area contributed by atoms with Gasteiger partial charge in [-0.05, 0) is 47.2 Å². The van der Waals surface area contributed by atoms with E-state index in [1.807, 2.05) is 59.5 Å². The molecule has 0 bridgehead atoms. The Balaban J connectivity index is 2.40. The minimum absolute atomic E-state index is 0.000329. The van der Waals surface area contributed by atoms with E-state index in [0.29, 0.717) is 23.3 Å². The van der Waals surface area contributed by atoms with E-state index in [0.717, 1.165) is 35.5 Å². The van der Waals surface area contributed by atoms with E-state index >= 15 is 0 Å². The van der Waals surface area contributed by atoms with E-state index in [1.54, 1.807) is 27.4 Å². The predicted octanol–water partition coefficient (Wildman–Crippen LogP) is 6.04. The number of hydrogen-bond donors (Lipinski definition) is 0. The maximum atomic E-state index is 13.0. The number of nitrogens with zero attached hydrogens (tertiary/aromatic N) is 1. The van der Waals surface area contributed by atoms with Gasteiger partial charge in [0.05, 0.1) is 21.3 Å².